The Hall–Kier alpha value is -2.62. The molecule has 0 spiro atoms. The molecule has 1 amide bonds. The number of amides is 1. The van der Waals surface area contributed by atoms with Crippen molar-refractivity contribution < 1.29 is 14.6 Å². The van der Waals surface area contributed by atoms with E-state index >= 15 is 0 Å². The Balaban J connectivity index is 1.75. The zero-order chi connectivity index (χ0) is 17.8. The van der Waals surface area contributed by atoms with Gasteiger partial charge >= 0.3 is 0 Å². The lowest BCUT2D eigenvalue weighted by Gasteiger charge is -2.16. The van der Waals surface area contributed by atoms with Gasteiger partial charge in [-0.15, -0.1) is 11.3 Å². The van der Waals surface area contributed by atoms with Gasteiger partial charge in [-0.2, -0.15) is 5.26 Å². The van der Waals surface area contributed by atoms with Gasteiger partial charge in [0.25, 0.3) is 0 Å². The molecule has 128 valence electrons. The van der Waals surface area contributed by atoms with Gasteiger partial charge < -0.3 is 15.2 Å². The first-order chi connectivity index (χ1) is 12.1. The van der Waals surface area contributed by atoms with Crippen LogP contribution in [0.4, 0.5) is 5.00 Å². The molecule has 25 heavy (non-hydrogen) atoms. The van der Waals surface area contributed by atoms with Crippen molar-refractivity contribution in [3.05, 3.63) is 51.9 Å². The highest BCUT2D eigenvalue weighted by Crippen LogP contribution is 2.37. The van der Waals surface area contributed by atoms with E-state index in [1.54, 1.807) is 13.2 Å². The molecule has 5 nitrogen and oxygen atoms in total. The second-order valence-electron chi connectivity index (χ2n) is 5.82. The van der Waals surface area contributed by atoms with Crippen LogP contribution in [0.25, 0.3) is 6.08 Å². The number of benzene rings is 1. The zero-order valence-corrected chi connectivity index (χ0v) is 14.6. The molecule has 2 N–H and O–H groups in total. The molecule has 1 aliphatic carbocycles. The number of nitrogens with zero attached hydrogens (tertiary/aromatic N) is 1. The number of aliphatic hydroxyl groups is 1. The number of carbonyl (C=O) groups is 1. The Kier molecular flexibility index (Phi) is 5.17. The van der Waals surface area contributed by atoms with Gasteiger partial charge in [0.2, 0.25) is 5.91 Å². The number of hydrogen-bond donors (Lipinski definition) is 2. The highest BCUT2D eigenvalue weighted by Gasteiger charge is 2.25. The number of aliphatic hydroxyl groups excluding tert-OH is 1. The summed E-state index contributed by atoms with van der Waals surface area (Å²) in [5.41, 5.74) is 2.34. The summed E-state index contributed by atoms with van der Waals surface area (Å²) in [4.78, 5) is 13.2. The smallest absolute Gasteiger partial charge is 0.249 e. The molecule has 0 fully saturated rings. The predicted molar refractivity (Wildman–Crippen MR) is 97.7 cm³/mol. The van der Waals surface area contributed by atoms with Gasteiger partial charge in [-0.25, -0.2) is 0 Å². The number of nitriles is 1. The quantitative estimate of drug-likeness (QED) is 0.827. The number of nitrogens with one attached hydrogen (secondary N) is 1. The standard InChI is InChI=1S/C19H18N2O3S/c1-24-14-4-2-3-12(9-14)5-8-18(23)21-19-16(11-20)15-7-6-13(22)10-17(15)25-19/h2-5,8-9,13,22H,6-7,10H2,1H3,(H,21,23)/b8-5+. The maximum absolute atomic E-state index is 12.2. The van der Waals surface area contributed by atoms with Crippen LogP contribution in [0.3, 0.4) is 0 Å². The Morgan fingerprint density at radius 3 is 3.12 bits per heavy atom. The summed E-state index contributed by atoms with van der Waals surface area (Å²) in [5, 5.41) is 22.5. The second kappa shape index (κ2) is 7.51. The molecule has 0 saturated carbocycles. The zero-order valence-electron chi connectivity index (χ0n) is 13.8. The van der Waals surface area contributed by atoms with Gasteiger partial charge in [0.05, 0.1) is 18.8 Å². The van der Waals surface area contributed by atoms with Gasteiger partial charge in [0.1, 0.15) is 16.8 Å². The summed E-state index contributed by atoms with van der Waals surface area (Å²) >= 11 is 1.38. The molecule has 2 aromatic rings. The maximum atomic E-state index is 12.2. The van der Waals surface area contributed by atoms with Crippen molar-refractivity contribution in [1.29, 1.82) is 5.26 Å². The van der Waals surface area contributed by atoms with E-state index in [2.05, 4.69) is 11.4 Å². The number of ether oxygens (including phenoxy) is 1. The third kappa shape index (κ3) is 3.90. The van der Waals surface area contributed by atoms with E-state index in [0.717, 1.165) is 21.8 Å². The van der Waals surface area contributed by atoms with Crippen LogP contribution in [0.5, 0.6) is 5.75 Å². The lowest BCUT2D eigenvalue weighted by Crippen LogP contribution is -2.17. The average Bonchev–Trinajstić information content (AvgIpc) is 2.96. The molecule has 0 radical (unpaired) electrons. The van der Waals surface area contributed by atoms with E-state index in [4.69, 9.17) is 4.74 Å². The van der Waals surface area contributed by atoms with E-state index in [-0.39, 0.29) is 12.0 Å². The van der Waals surface area contributed by atoms with Crippen LogP contribution in [0.15, 0.2) is 30.3 Å². The third-order valence-corrected chi connectivity index (χ3v) is 5.28. The predicted octanol–water partition coefficient (Wildman–Crippen LogP) is 3.13. The van der Waals surface area contributed by atoms with Crippen LogP contribution in [-0.2, 0) is 17.6 Å². The molecule has 3 rings (SSSR count). The summed E-state index contributed by atoms with van der Waals surface area (Å²) in [7, 11) is 1.59. The number of fused-ring (bicyclic) bond motifs is 1. The van der Waals surface area contributed by atoms with Crippen molar-refractivity contribution in [2.75, 3.05) is 12.4 Å². The van der Waals surface area contributed by atoms with Crippen molar-refractivity contribution in [3.63, 3.8) is 0 Å². The van der Waals surface area contributed by atoms with Crippen LogP contribution in [-0.4, -0.2) is 24.2 Å². The van der Waals surface area contributed by atoms with E-state index in [9.17, 15) is 15.2 Å². The van der Waals surface area contributed by atoms with Crippen molar-refractivity contribution >= 4 is 28.3 Å². The van der Waals surface area contributed by atoms with E-state index < -0.39 is 0 Å². The first-order valence-electron chi connectivity index (χ1n) is 7.96. The average molecular weight is 354 g/mol. The lowest BCUT2D eigenvalue weighted by molar-refractivity contribution is -0.111. The number of thiophene rings is 1. The van der Waals surface area contributed by atoms with Crippen LogP contribution in [0, 0.1) is 11.3 Å². The molecule has 1 aromatic carbocycles. The van der Waals surface area contributed by atoms with Crippen molar-refractivity contribution in [3.8, 4) is 11.8 Å². The first kappa shape index (κ1) is 17.2. The minimum atomic E-state index is -0.366. The van der Waals surface area contributed by atoms with Crippen molar-refractivity contribution in [2.45, 2.75) is 25.4 Å². The number of carbonyl (C=O) groups excluding carboxylic acids is 1. The van der Waals surface area contributed by atoms with Crippen LogP contribution >= 0.6 is 11.3 Å². The minimum Gasteiger partial charge on any atom is -0.497 e. The normalized spacial score (nSPS) is 16.3. The number of rotatable bonds is 4. The molecular formula is C19H18N2O3S. The Bertz CT molecular complexity index is 864. The summed E-state index contributed by atoms with van der Waals surface area (Å²) in [5.74, 6) is 0.428. The topological polar surface area (TPSA) is 82.3 Å². The molecular weight excluding hydrogens is 336 g/mol. The summed E-state index contributed by atoms with van der Waals surface area (Å²) in [6, 6.07) is 9.57. The van der Waals surface area contributed by atoms with Crippen molar-refractivity contribution in [2.24, 2.45) is 0 Å². The first-order valence-corrected chi connectivity index (χ1v) is 8.78. The van der Waals surface area contributed by atoms with Gasteiger partial charge in [-0.3, -0.25) is 4.79 Å². The molecule has 1 aliphatic rings. The lowest BCUT2D eigenvalue weighted by atomic mass is 9.94. The molecule has 1 aromatic heterocycles. The third-order valence-electron chi connectivity index (χ3n) is 4.11. The summed E-state index contributed by atoms with van der Waals surface area (Å²) in [6.45, 7) is 0. The molecule has 0 aliphatic heterocycles. The number of anilines is 1. The van der Waals surface area contributed by atoms with Crippen molar-refractivity contribution in [1.82, 2.24) is 0 Å². The molecule has 1 atom stereocenters. The van der Waals surface area contributed by atoms with Gasteiger partial charge in [0, 0.05) is 17.4 Å². The fourth-order valence-corrected chi connectivity index (χ4v) is 4.12. The largest absolute Gasteiger partial charge is 0.497 e. The summed E-state index contributed by atoms with van der Waals surface area (Å²) in [6.07, 6.45) is 4.64. The Morgan fingerprint density at radius 1 is 1.52 bits per heavy atom. The Morgan fingerprint density at radius 2 is 2.36 bits per heavy atom. The van der Waals surface area contributed by atoms with E-state index in [0.29, 0.717) is 29.8 Å². The molecule has 1 heterocycles. The molecule has 1 unspecified atom stereocenters. The van der Waals surface area contributed by atoms with Gasteiger partial charge in [0.15, 0.2) is 0 Å². The molecule has 6 heteroatoms. The van der Waals surface area contributed by atoms with E-state index in [1.807, 2.05) is 24.3 Å². The van der Waals surface area contributed by atoms with Crippen LogP contribution < -0.4 is 10.1 Å². The second-order valence-corrected chi connectivity index (χ2v) is 6.92. The van der Waals surface area contributed by atoms with Crippen LogP contribution in [0.2, 0.25) is 0 Å². The maximum Gasteiger partial charge on any atom is 0.249 e. The Labute approximate surface area is 150 Å². The van der Waals surface area contributed by atoms with Crippen LogP contribution in [0.1, 0.15) is 28.0 Å². The SMILES string of the molecule is COc1cccc(/C=C/C(=O)Nc2sc3c(c2C#N)CCC(O)C3)c1. The van der Waals surface area contributed by atoms with E-state index in [1.165, 1.54) is 17.4 Å². The minimum absolute atomic E-state index is 0.293. The summed E-state index contributed by atoms with van der Waals surface area (Å²) < 4.78 is 5.15. The molecule has 0 bridgehead atoms. The number of methoxy groups -OCH3 is 1. The van der Waals surface area contributed by atoms with Gasteiger partial charge in [-0.05, 0) is 42.2 Å². The molecule has 0 saturated heterocycles. The van der Waals surface area contributed by atoms with Gasteiger partial charge in [-0.1, -0.05) is 12.1 Å². The fraction of sp³-hybridized carbons (Fsp3) is 0.263. The highest BCUT2D eigenvalue weighted by molar-refractivity contribution is 7.16. The monoisotopic (exact) mass is 354 g/mol. The highest BCUT2D eigenvalue weighted by atomic mass is 32.1. The fourth-order valence-electron chi connectivity index (χ4n) is 2.85. The number of hydrogen-bond acceptors (Lipinski definition) is 5.